The number of hydrogen-bond donors (Lipinski definition) is 0. The quantitative estimate of drug-likeness (QED) is 0.835. The third-order valence-corrected chi connectivity index (χ3v) is 5.44. The van der Waals surface area contributed by atoms with Crippen molar-refractivity contribution in [3.8, 4) is 0 Å². The van der Waals surface area contributed by atoms with Crippen LogP contribution in [0.5, 0.6) is 0 Å². The smallest absolute Gasteiger partial charge is 0.175 e. The molecule has 3 rings (SSSR count). The third kappa shape index (κ3) is 3.79. The summed E-state index contributed by atoms with van der Waals surface area (Å²) in [4.78, 5) is 0.329. The SMILES string of the molecule is CC1CN(Cc2ccc(Cl)cc2)N=C1c1ccc(S(C)(=O)=O)cc1. The first kappa shape index (κ1) is 17.0. The van der Waals surface area contributed by atoms with Gasteiger partial charge in [-0.2, -0.15) is 5.10 Å². The summed E-state index contributed by atoms with van der Waals surface area (Å²) in [5, 5.41) is 7.48. The Balaban J connectivity index is 1.79. The molecule has 1 unspecified atom stereocenters. The van der Waals surface area contributed by atoms with Gasteiger partial charge in [-0.25, -0.2) is 8.42 Å². The van der Waals surface area contributed by atoms with Gasteiger partial charge in [-0.3, -0.25) is 5.01 Å². The predicted molar refractivity (Wildman–Crippen MR) is 97.1 cm³/mol. The van der Waals surface area contributed by atoms with Crippen molar-refractivity contribution < 1.29 is 8.42 Å². The van der Waals surface area contributed by atoms with E-state index in [1.54, 1.807) is 12.1 Å². The van der Waals surface area contributed by atoms with Gasteiger partial charge in [0.15, 0.2) is 9.84 Å². The second-order valence-electron chi connectivity index (χ2n) is 6.16. The van der Waals surface area contributed by atoms with Crippen molar-refractivity contribution in [1.29, 1.82) is 0 Å². The van der Waals surface area contributed by atoms with E-state index in [9.17, 15) is 8.42 Å². The van der Waals surface area contributed by atoms with Gasteiger partial charge in [-0.15, -0.1) is 0 Å². The molecule has 0 aliphatic carbocycles. The molecule has 0 radical (unpaired) electrons. The lowest BCUT2D eigenvalue weighted by Crippen LogP contribution is -2.17. The van der Waals surface area contributed by atoms with E-state index < -0.39 is 9.84 Å². The molecule has 0 spiro atoms. The molecule has 126 valence electrons. The number of nitrogens with zero attached hydrogens (tertiary/aromatic N) is 2. The number of benzene rings is 2. The maximum Gasteiger partial charge on any atom is 0.175 e. The fraction of sp³-hybridized carbons (Fsp3) is 0.278. The third-order valence-electron chi connectivity index (χ3n) is 4.06. The molecule has 0 saturated heterocycles. The maximum absolute atomic E-state index is 11.6. The molecule has 1 heterocycles. The monoisotopic (exact) mass is 362 g/mol. The van der Waals surface area contributed by atoms with E-state index in [1.807, 2.05) is 41.4 Å². The number of sulfone groups is 1. The summed E-state index contributed by atoms with van der Waals surface area (Å²) >= 11 is 5.92. The maximum atomic E-state index is 11.6. The standard InChI is InChI=1S/C18H19ClN2O2S/c1-13-11-21(12-14-3-7-16(19)8-4-14)20-18(13)15-5-9-17(10-6-15)24(2,22)23/h3-10,13H,11-12H2,1-2H3. The molecular weight excluding hydrogens is 344 g/mol. The largest absolute Gasteiger partial charge is 0.292 e. The summed E-state index contributed by atoms with van der Waals surface area (Å²) in [6.45, 7) is 3.70. The first-order valence-electron chi connectivity index (χ1n) is 7.71. The van der Waals surface area contributed by atoms with Crippen molar-refractivity contribution >= 4 is 27.1 Å². The Morgan fingerprint density at radius 2 is 1.75 bits per heavy atom. The van der Waals surface area contributed by atoms with E-state index in [2.05, 4.69) is 6.92 Å². The molecule has 0 aromatic heterocycles. The average Bonchev–Trinajstić information content (AvgIpc) is 2.89. The number of rotatable bonds is 4. The fourth-order valence-electron chi connectivity index (χ4n) is 2.81. The molecule has 2 aromatic rings. The van der Waals surface area contributed by atoms with Crippen molar-refractivity contribution in [2.45, 2.75) is 18.4 Å². The Morgan fingerprint density at radius 3 is 2.33 bits per heavy atom. The van der Waals surface area contributed by atoms with Gasteiger partial charge >= 0.3 is 0 Å². The van der Waals surface area contributed by atoms with E-state index in [-0.39, 0.29) is 0 Å². The van der Waals surface area contributed by atoms with Gasteiger partial charge in [0, 0.05) is 23.7 Å². The summed E-state index contributed by atoms with van der Waals surface area (Å²) < 4.78 is 23.1. The summed E-state index contributed by atoms with van der Waals surface area (Å²) in [5.41, 5.74) is 3.11. The first-order chi connectivity index (χ1) is 11.3. The second kappa shape index (κ2) is 6.57. The molecule has 0 saturated carbocycles. The fourth-order valence-corrected chi connectivity index (χ4v) is 3.57. The van der Waals surface area contributed by atoms with Gasteiger partial charge in [0.25, 0.3) is 0 Å². The second-order valence-corrected chi connectivity index (χ2v) is 8.61. The van der Waals surface area contributed by atoms with E-state index >= 15 is 0 Å². The Hall–Kier alpha value is -1.85. The van der Waals surface area contributed by atoms with Crippen molar-refractivity contribution in [3.63, 3.8) is 0 Å². The minimum Gasteiger partial charge on any atom is -0.292 e. The lowest BCUT2D eigenvalue weighted by Gasteiger charge is -2.14. The first-order valence-corrected chi connectivity index (χ1v) is 9.98. The zero-order chi connectivity index (χ0) is 17.3. The summed E-state index contributed by atoms with van der Waals surface area (Å²) in [6, 6.07) is 14.7. The molecule has 0 N–H and O–H groups in total. The summed E-state index contributed by atoms with van der Waals surface area (Å²) in [6.07, 6.45) is 1.21. The number of halogens is 1. The van der Waals surface area contributed by atoms with Crippen LogP contribution in [0.4, 0.5) is 0 Å². The molecule has 0 bridgehead atoms. The molecule has 2 aromatic carbocycles. The van der Waals surface area contributed by atoms with Crippen molar-refractivity contribution in [2.75, 3.05) is 12.8 Å². The molecule has 0 amide bonds. The Kier molecular flexibility index (Phi) is 4.65. The van der Waals surface area contributed by atoms with Crippen LogP contribution in [-0.4, -0.2) is 31.9 Å². The summed E-state index contributed by atoms with van der Waals surface area (Å²) in [7, 11) is -3.17. The topological polar surface area (TPSA) is 49.7 Å². The molecule has 1 aliphatic heterocycles. The highest BCUT2D eigenvalue weighted by Crippen LogP contribution is 2.22. The van der Waals surface area contributed by atoms with Gasteiger partial charge in [0.2, 0.25) is 0 Å². The number of hydrogen-bond acceptors (Lipinski definition) is 4. The van der Waals surface area contributed by atoms with E-state index in [0.29, 0.717) is 10.8 Å². The minimum absolute atomic E-state index is 0.293. The van der Waals surface area contributed by atoms with Gasteiger partial charge in [-0.05, 0) is 35.4 Å². The summed E-state index contributed by atoms with van der Waals surface area (Å²) in [5.74, 6) is 0.293. The highest BCUT2D eigenvalue weighted by atomic mass is 35.5. The van der Waals surface area contributed by atoms with Crippen molar-refractivity contribution in [3.05, 3.63) is 64.7 Å². The molecule has 1 atom stereocenters. The van der Waals surface area contributed by atoms with Crippen LogP contribution < -0.4 is 0 Å². The lowest BCUT2D eigenvalue weighted by molar-refractivity contribution is 0.292. The Morgan fingerprint density at radius 1 is 1.12 bits per heavy atom. The average molecular weight is 363 g/mol. The number of hydrazone groups is 1. The van der Waals surface area contributed by atoms with Crippen molar-refractivity contribution in [1.82, 2.24) is 5.01 Å². The zero-order valence-electron chi connectivity index (χ0n) is 13.6. The Labute approximate surface area is 147 Å². The minimum atomic E-state index is -3.17. The Bertz CT molecular complexity index is 859. The highest BCUT2D eigenvalue weighted by molar-refractivity contribution is 7.90. The van der Waals surface area contributed by atoms with Gasteiger partial charge < -0.3 is 0 Å². The van der Waals surface area contributed by atoms with Crippen LogP contribution >= 0.6 is 11.6 Å². The molecule has 0 fully saturated rings. The van der Waals surface area contributed by atoms with E-state index in [0.717, 1.165) is 35.0 Å². The zero-order valence-corrected chi connectivity index (χ0v) is 15.2. The highest BCUT2D eigenvalue weighted by Gasteiger charge is 2.24. The normalized spacial score (nSPS) is 17.9. The van der Waals surface area contributed by atoms with Crippen molar-refractivity contribution in [2.24, 2.45) is 11.0 Å². The molecule has 1 aliphatic rings. The van der Waals surface area contributed by atoms with E-state index in [1.165, 1.54) is 6.26 Å². The van der Waals surface area contributed by atoms with Crippen LogP contribution in [0.25, 0.3) is 0 Å². The van der Waals surface area contributed by atoms with Crippen LogP contribution in [0.1, 0.15) is 18.1 Å². The van der Waals surface area contributed by atoms with Gasteiger partial charge in [0.05, 0.1) is 17.2 Å². The molecule has 4 nitrogen and oxygen atoms in total. The molecule has 6 heteroatoms. The predicted octanol–water partition coefficient (Wildman–Crippen LogP) is 3.60. The van der Waals surface area contributed by atoms with Crippen LogP contribution in [0.3, 0.4) is 0 Å². The lowest BCUT2D eigenvalue weighted by atomic mass is 9.99. The van der Waals surface area contributed by atoms with E-state index in [4.69, 9.17) is 16.7 Å². The van der Waals surface area contributed by atoms with Crippen LogP contribution in [0, 0.1) is 5.92 Å². The molecule has 24 heavy (non-hydrogen) atoms. The van der Waals surface area contributed by atoms with Gasteiger partial charge in [-0.1, -0.05) is 42.8 Å². The van der Waals surface area contributed by atoms with Gasteiger partial charge in [0.1, 0.15) is 0 Å². The molecular formula is C18H19ClN2O2S. The van der Waals surface area contributed by atoms with Crippen LogP contribution in [0.2, 0.25) is 5.02 Å². The van der Waals surface area contributed by atoms with Crippen LogP contribution in [0.15, 0.2) is 58.5 Å². The van der Waals surface area contributed by atoms with Crippen LogP contribution in [-0.2, 0) is 16.4 Å².